The van der Waals surface area contributed by atoms with Crippen molar-refractivity contribution in [1.82, 2.24) is 0 Å². The van der Waals surface area contributed by atoms with Crippen LogP contribution in [0.25, 0.3) is 0 Å². The number of hydrogen-bond donors (Lipinski definition) is 1. The molecule has 15 heavy (non-hydrogen) atoms. The van der Waals surface area contributed by atoms with E-state index in [4.69, 9.17) is 15.2 Å². The smallest absolute Gasteiger partial charge is 0.176 e. The second-order valence-electron chi connectivity index (χ2n) is 2.93. The summed E-state index contributed by atoms with van der Waals surface area (Å²) in [5.41, 5.74) is 5.81. The van der Waals surface area contributed by atoms with Gasteiger partial charge >= 0.3 is 0 Å². The van der Waals surface area contributed by atoms with Crippen LogP contribution in [0.2, 0.25) is 0 Å². The Morgan fingerprint density at radius 3 is 2.67 bits per heavy atom. The number of nitrogens with two attached hydrogens (primary N) is 1. The number of carbonyl (C=O) groups is 1. The molecule has 4 nitrogen and oxygen atoms in total. The number of carbonyl (C=O) groups excluding carboxylic acids is 1. The van der Waals surface area contributed by atoms with E-state index in [1.54, 1.807) is 18.2 Å². The largest absolute Gasteiger partial charge is 0.493 e. The lowest BCUT2D eigenvalue weighted by molar-refractivity contribution is 0.100. The zero-order valence-electron chi connectivity index (χ0n) is 8.95. The molecule has 2 N–H and O–H groups in total. The van der Waals surface area contributed by atoms with Gasteiger partial charge in [-0.1, -0.05) is 0 Å². The van der Waals surface area contributed by atoms with Crippen molar-refractivity contribution in [2.24, 2.45) is 5.73 Å². The van der Waals surface area contributed by atoms with Gasteiger partial charge in [-0.15, -0.1) is 0 Å². The zero-order valence-corrected chi connectivity index (χ0v) is 8.95. The molecule has 0 heterocycles. The summed E-state index contributed by atoms with van der Waals surface area (Å²) in [5, 5.41) is 0. The first-order chi connectivity index (χ1) is 7.22. The van der Waals surface area contributed by atoms with E-state index in [2.05, 4.69) is 0 Å². The minimum Gasteiger partial charge on any atom is -0.493 e. The number of ether oxygens (including phenoxy) is 2. The number of benzene rings is 1. The Bertz CT molecular complexity index is 350. The maximum absolute atomic E-state index is 11.3. The van der Waals surface area contributed by atoms with Gasteiger partial charge in [0.2, 0.25) is 0 Å². The van der Waals surface area contributed by atoms with Crippen molar-refractivity contribution < 1.29 is 14.3 Å². The van der Waals surface area contributed by atoms with Crippen molar-refractivity contribution in [3.63, 3.8) is 0 Å². The lowest BCUT2D eigenvalue weighted by atomic mass is 10.1. The molecule has 0 saturated carbocycles. The highest BCUT2D eigenvalue weighted by Crippen LogP contribution is 2.27. The van der Waals surface area contributed by atoms with Crippen molar-refractivity contribution in [2.75, 3.05) is 20.3 Å². The number of Topliss-reactive ketones (excluding diaryl/α,β-unsaturated/α-hetero) is 1. The Morgan fingerprint density at radius 1 is 1.40 bits per heavy atom. The molecule has 0 unspecified atom stereocenters. The monoisotopic (exact) mass is 209 g/mol. The number of hydrogen-bond acceptors (Lipinski definition) is 4. The van der Waals surface area contributed by atoms with Crippen molar-refractivity contribution in [1.29, 1.82) is 0 Å². The summed E-state index contributed by atoms with van der Waals surface area (Å²) in [7, 11) is 1.54. The van der Waals surface area contributed by atoms with Crippen LogP contribution in [0.4, 0.5) is 0 Å². The van der Waals surface area contributed by atoms with Crippen LogP contribution in [-0.2, 0) is 0 Å². The fourth-order valence-electron chi connectivity index (χ4n) is 1.23. The van der Waals surface area contributed by atoms with Crippen LogP contribution in [0.15, 0.2) is 18.2 Å². The highest BCUT2D eigenvalue weighted by atomic mass is 16.5. The molecule has 0 saturated heterocycles. The molecule has 4 heteroatoms. The lowest BCUT2D eigenvalue weighted by Gasteiger charge is -2.10. The summed E-state index contributed by atoms with van der Waals surface area (Å²) >= 11 is 0. The van der Waals surface area contributed by atoms with Crippen LogP contribution in [-0.4, -0.2) is 26.0 Å². The molecule has 1 aromatic carbocycles. The standard InChI is InChI=1S/C11H15NO3/c1-3-15-10-5-4-8(9(13)7-12)6-11(10)14-2/h4-6H,3,7,12H2,1-2H3. The van der Waals surface area contributed by atoms with Gasteiger partial charge in [0.1, 0.15) is 0 Å². The molecule has 1 rings (SSSR count). The second-order valence-corrected chi connectivity index (χ2v) is 2.93. The van der Waals surface area contributed by atoms with Crippen molar-refractivity contribution in [2.45, 2.75) is 6.92 Å². The summed E-state index contributed by atoms with van der Waals surface area (Å²) in [6, 6.07) is 5.04. The van der Waals surface area contributed by atoms with Crippen molar-refractivity contribution in [3.8, 4) is 11.5 Å². The molecule has 82 valence electrons. The van der Waals surface area contributed by atoms with Gasteiger partial charge in [0, 0.05) is 5.56 Å². The van der Waals surface area contributed by atoms with Crippen LogP contribution in [0.5, 0.6) is 11.5 Å². The minimum absolute atomic E-state index is 0.00284. The summed E-state index contributed by atoms with van der Waals surface area (Å²) in [6.45, 7) is 2.44. The second kappa shape index (κ2) is 5.36. The number of rotatable bonds is 5. The highest BCUT2D eigenvalue weighted by molar-refractivity contribution is 5.98. The van der Waals surface area contributed by atoms with E-state index in [-0.39, 0.29) is 12.3 Å². The molecule has 0 atom stereocenters. The van der Waals surface area contributed by atoms with Crippen molar-refractivity contribution >= 4 is 5.78 Å². The average molecular weight is 209 g/mol. The Kier molecular flexibility index (Phi) is 4.12. The third-order valence-electron chi connectivity index (χ3n) is 1.97. The van der Waals surface area contributed by atoms with E-state index in [0.29, 0.717) is 23.7 Å². The van der Waals surface area contributed by atoms with Crippen LogP contribution in [0, 0.1) is 0 Å². The quantitative estimate of drug-likeness (QED) is 0.741. The predicted octanol–water partition coefficient (Wildman–Crippen LogP) is 1.24. The first-order valence-corrected chi connectivity index (χ1v) is 4.77. The van der Waals surface area contributed by atoms with Gasteiger partial charge in [0.15, 0.2) is 17.3 Å². The molecule has 0 fully saturated rings. The van der Waals surface area contributed by atoms with Gasteiger partial charge in [-0.05, 0) is 25.1 Å². The normalized spacial score (nSPS) is 9.80. The van der Waals surface area contributed by atoms with Crippen molar-refractivity contribution in [3.05, 3.63) is 23.8 Å². The Balaban J connectivity index is 3.01. The Labute approximate surface area is 89.0 Å². The molecular weight excluding hydrogens is 194 g/mol. The van der Waals surface area contributed by atoms with E-state index in [0.717, 1.165) is 0 Å². The molecule has 0 aromatic heterocycles. The van der Waals surface area contributed by atoms with Gasteiger partial charge in [-0.3, -0.25) is 4.79 Å². The molecule has 0 bridgehead atoms. The van der Waals surface area contributed by atoms with Gasteiger partial charge in [-0.2, -0.15) is 0 Å². The van der Waals surface area contributed by atoms with Gasteiger partial charge in [-0.25, -0.2) is 0 Å². The third kappa shape index (κ3) is 2.70. The van der Waals surface area contributed by atoms with Crippen LogP contribution in [0.1, 0.15) is 17.3 Å². The molecular formula is C11H15NO3. The van der Waals surface area contributed by atoms with Gasteiger partial charge in [0.25, 0.3) is 0 Å². The van der Waals surface area contributed by atoms with E-state index >= 15 is 0 Å². The number of methoxy groups -OCH3 is 1. The first kappa shape index (κ1) is 11.5. The summed E-state index contributed by atoms with van der Waals surface area (Å²) in [4.78, 5) is 11.3. The highest BCUT2D eigenvalue weighted by Gasteiger charge is 2.09. The van der Waals surface area contributed by atoms with E-state index in [9.17, 15) is 4.79 Å². The van der Waals surface area contributed by atoms with Gasteiger partial charge in [0.05, 0.1) is 20.3 Å². The molecule has 0 aliphatic carbocycles. The maximum atomic E-state index is 11.3. The van der Waals surface area contributed by atoms with Gasteiger partial charge < -0.3 is 15.2 Å². The van der Waals surface area contributed by atoms with E-state index in [1.165, 1.54) is 7.11 Å². The molecule has 0 radical (unpaired) electrons. The Morgan fingerprint density at radius 2 is 2.13 bits per heavy atom. The topological polar surface area (TPSA) is 61.5 Å². The van der Waals surface area contributed by atoms with E-state index in [1.807, 2.05) is 6.92 Å². The average Bonchev–Trinajstić information content (AvgIpc) is 2.29. The van der Waals surface area contributed by atoms with Crippen LogP contribution < -0.4 is 15.2 Å². The summed E-state index contributed by atoms with van der Waals surface area (Å²) in [5.74, 6) is 1.07. The fraction of sp³-hybridized carbons (Fsp3) is 0.364. The maximum Gasteiger partial charge on any atom is 0.176 e. The van der Waals surface area contributed by atoms with E-state index < -0.39 is 0 Å². The van der Waals surface area contributed by atoms with Crippen LogP contribution in [0.3, 0.4) is 0 Å². The molecule has 0 aliphatic heterocycles. The SMILES string of the molecule is CCOc1ccc(C(=O)CN)cc1OC. The summed E-state index contributed by atoms with van der Waals surface area (Å²) in [6.07, 6.45) is 0. The number of ketones is 1. The first-order valence-electron chi connectivity index (χ1n) is 4.77. The predicted molar refractivity (Wildman–Crippen MR) is 57.5 cm³/mol. The summed E-state index contributed by atoms with van der Waals surface area (Å²) < 4.78 is 10.4. The third-order valence-corrected chi connectivity index (χ3v) is 1.97. The zero-order chi connectivity index (χ0) is 11.3. The Hall–Kier alpha value is -1.55. The molecule has 1 aromatic rings. The molecule has 0 amide bonds. The minimum atomic E-state index is -0.114. The molecule has 0 spiro atoms. The molecule has 0 aliphatic rings. The lowest BCUT2D eigenvalue weighted by Crippen LogP contribution is -2.13. The van der Waals surface area contributed by atoms with Crippen LogP contribution >= 0.6 is 0 Å². The fourth-order valence-corrected chi connectivity index (χ4v) is 1.23.